The second kappa shape index (κ2) is 8.50. The fourth-order valence-corrected chi connectivity index (χ4v) is 3.06. The molecule has 0 saturated carbocycles. The Hall–Kier alpha value is -2.46. The van der Waals surface area contributed by atoms with Gasteiger partial charge in [0.1, 0.15) is 10.8 Å². The van der Waals surface area contributed by atoms with Gasteiger partial charge >= 0.3 is 6.18 Å². The molecule has 1 aromatic carbocycles. The quantitative estimate of drug-likeness (QED) is 0.518. The summed E-state index contributed by atoms with van der Waals surface area (Å²) in [5.74, 6) is -0.456. The highest BCUT2D eigenvalue weighted by Crippen LogP contribution is 2.28. The fourth-order valence-electron chi connectivity index (χ4n) is 2.43. The van der Waals surface area contributed by atoms with Gasteiger partial charge in [0.2, 0.25) is 0 Å². The van der Waals surface area contributed by atoms with Crippen LogP contribution in [0.1, 0.15) is 11.1 Å². The molecule has 152 valence electrons. The predicted octanol–water partition coefficient (Wildman–Crippen LogP) is 4.86. The number of rotatable bonds is 5. The van der Waals surface area contributed by atoms with Crippen molar-refractivity contribution in [3.63, 3.8) is 0 Å². The predicted molar refractivity (Wildman–Crippen MR) is 104 cm³/mol. The Morgan fingerprint density at radius 2 is 1.93 bits per heavy atom. The van der Waals surface area contributed by atoms with Crippen LogP contribution >= 0.6 is 27.5 Å². The third-order valence-corrected chi connectivity index (χ3v) is 4.90. The Balaban J connectivity index is 1.73. The molecule has 3 aromatic rings. The number of alkyl halides is 3. The Morgan fingerprint density at radius 3 is 2.55 bits per heavy atom. The summed E-state index contributed by atoms with van der Waals surface area (Å²) in [6.45, 7) is 0.390. The zero-order chi connectivity index (χ0) is 21.2. The van der Waals surface area contributed by atoms with Gasteiger partial charge in [-0.3, -0.25) is 4.79 Å². The fraction of sp³-hybridized carbons (Fsp3) is 0.167. The van der Waals surface area contributed by atoms with E-state index in [-0.39, 0.29) is 22.3 Å². The van der Waals surface area contributed by atoms with E-state index in [1.807, 2.05) is 0 Å². The first-order valence-corrected chi connectivity index (χ1v) is 9.33. The molecule has 3 rings (SSSR count). The standard InChI is InChI=1S/C18H12BrClF4N4O/c19-12-7-10(1-3-13(12)21)5-6-25-14-9-27-28(17(29)16(14)20)15-4-2-11(8-26-15)18(22,23)24/h1-4,7-9,25H,5-6H2. The molecule has 0 aliphatic rings. The molecule has 0 bridgehead atoms. The molecule has 29 heavy (non-hydrogen) atoms. The second-order valence-electron chi connectivity index (χ2n) is 5.92. The maximum atomic E-state index is 13.3. The van der Waals surface area contributed by atoms with Crippen LogP contribution in [0.15, 0.2) is 52.0 Å². The van der Waals surface area contributed by atoms with Gasteiger partial charge in [-0.25, -0.2) is 9.37 Å². The van der Waals surface area contributed by atoms with Gasteiger partial charge in [-0.05, 0) is 52.2 Å². The van der Waals surface area contributed by atoms with Gasteiger partial charge in [0.15, 0.2) is 5.82 Å². The van der Waals surface area contributed by atoms with Crippen LogP contribution in [-0.4, -0.2) is 21.3 Å². The lowest BCUT2D eigenvalue weighted by molar-refractivity contribution is -0.137. The topological polar surface area (TPSA) is 59.8 Å². The monoisotopic (exact) mass is 490 g/mol. The third kappa shape index (κ3) is 4.94. The molecule has 0 unspecified atom stereocenters. The van der Waals surface area contributed by atoms with E-state index >= 15 is 0 Å². The maximum absolute atomic E-state index is 13.3. The van der Waals surface area contributed by atoms with E-state index in [2.05, 4.69) is 31.3 Å². The molecule has 0 amide bonds. The zero-order valence-electron chi connectivity index (χ0n) is 14.5. The van der Waals surface area contributed by atoms with Crippen molar-refractivity contribution in [2.45, 2.75) is 12.6 Å². The highest BCUT2D eigenvalue weighted by molar-refractivity contribution is 9.10. The average Bonchev–Trinajstić information content (AvgIpc) is 2.67. The van der Waals surface area contributed by atoms with Gasteiger partial charge in [-0.1, -0.05) is 17.7 Å². The van der Waals surface area contributed by atoms with Gasteiger partial charge in [-0.2, -0.15) is 23.0 Å². The number of hydrogen-bond donors (Lipinski definition) is 1. The maximum Gasteiger partial charge on any atom is 0.417 e. The molecule has 0 saturated heterocycles. The average molecular weight is 492 g/mol. The second-order valence-corrected chi connectivity index (χ2v) is 7.15. The van der Waals surface area contributed by atoms with Gasteiger partial charge in [0, 0.05) is 12.7 Å². The van der Waals surface area contributed by atoms with Crippen LogP contribution in [0.25, 0.3) is 5.82 Å². The molecule has 0 atom stereocenters. The van der Waals surface area contributed by atoms with Gasteiger partial charge in [-0.15, -0.1) is 0 Å². The molecule has 1 N–H and O–H groups in total. The minimum absolute atomic E-state index is 0.0902. The van der Waals surface area contributed by atoms with Crippen LogP contribution in [0.2, 0.25) is 5.02 Å². The minimum atomic E-state index is -4.53. The number of halogens is 6. The summed E-state index contributed by atoms with van der Waals surface area (Å²) in [5, 5.41) is 6.69. The molecule has 11 heteroatoms. The lowest BCUT2D eigenvalue weighted by Crippen LogP contribution is -2.24. The van der Waals surface area contributed by atoms with E-state index in [0.29, 0.717) is 23.6 Å². The highest BCUT2D eigenvalue weighted by atomic mass is 79.9. The minimum Gasteiger partial charge on any atom is -0.382 e. The third-order valence-electron chi connectivity index (χ3n) is 3.92. The Kier molecular flexibility index (Phi) is 6.23. The zero-order valence-corrected chi connectivity index (χ0v) is 16.8. The molecule has 2 aromatic heterocycles. The van der Waals surface area contributed by atoms with Crippen LogP contribution in [-0.2, 0) is 12.6 Å². The van der Waals surface area contributed by atoms with Gasteiger partial charge < -0.3 is 5.32 Å². The van der Waals surface area contributed by atoms with Gasteiger partial charge in [0.05, 0.1) is 21.9 Å². The summed E-state index contributed by atoms with van der Waals surface area (Å²) in [6, 6.07) is 6.46. The summed E-state index contributed by atoms with van der Waals surface area (Å²) >= 11 is 9.19. The van der Waals surface area contributed by atoms with Crippen molar-refractivity contribution >= 4 is 33.2 Å². The van der Waals surface area contributed by atoms with Crippen molar-refractivity contribution in [1.29, 1.82) is 0 Å². The smallest absolute Gasteiger partial charge is 0.382 e. The van der Waals surface area contributed by atoms with E-state index in [4.69, 9.17) is 11.6 Å². The Bertz CT molecular complexity index is 1090. The lowest BCUT2D eigenvalue weighted by atomic mass is 10.1. The number of pyridine rings is 1. The molecular weight excluding hydrogens is 480 g/mol. The van der Waals surface area contributed by atoms with Crippen molar-refractivity contribution in [3.8, 4) is 5.82 Å². The van der Waals surface area contributed by atoms with Crippen LogP contribution in [0, 0.1) is 5.82 Å². The summed E-state index contributed by atoms with van der Waals surface area (Å²) in [5.41, 5.74) is -0.544. The van der Waals surface area contributed by atoms with E-state index in [0.717, 1.165) is 22.4 Å². The number of nitrogens with one attached hydrogen (secondary N) is 1. The normalized spacial score (nSPS) is 11.5. The first-order valence-electron chi connectivity index (χ1n) is 8.16. The van der Waals surface area contributed by atoms with Gasteiger partial charge in [0.25, 0.3) is 5.56 Å². The first-order chi connectivity index (χ1) is 13.7. The first kappa shape index (κ1) is 21.3. The van der Waals surface area contributed by atoms with Crippen LogP contribution < -0.4 is 10.9 Å². The summed E-state index contributed by atoms with van der Waals surface area (Å²) in [4.78, 5) is 16.0. The molecule has 0 aliphatic heterocycles. The number of anilines is 1. The van der Waals surface area contributed by atoms with Crippen molar-refractivity contribution in [2.75, 3.05) is 11.9 Å². The summed E-state index contributed by atoms with van der Waals surface area (Å²) < 4.78 is 52.3. The molecular formula is C18H12BrClF4N4O. The largest absolute Gasteiger partial charge is 0.417 e. The molecule has 2 heterocycles. The van der Waals surface area contributed by atoms with Crippen molar-refractivity contribution in [2.24, 2.45) is 0 Å². The summed E-state index contributed by atoms with van der Waals surface area (Å²) in [7, 11) is 0. The molecule has 0 aliphatic carbocycles. The van der Waals surface area contributed by atoms with Crippen molar-refractivity contribution in [3.05, 3.63) is 79.5 Å². The van der Waals surface area contributed by atoms with Crippen LogP contribution in [0.5, 0.6) is 0 Å². The summed E-state index contributed by atoms with van der Waals surface area (Å²) in [6.07, 6.45) is -2.11. The van der Waals surface area contributed by atoms with E-state index in [1.54, 1.807) is 12.1 Å². The number of aromatic nitrogens is 3. The molecule has 0 fully saturated rings. The van der Waals surface area contributed by atoms with E-state index in [1.165, 1.54) is 12.3 Å². The number of nitrogens with zero attached hydrogens (tertiary/aromatic N) is 3. The Morgan fingerprint density at radius 1 is 1.17 bits per heavy atom. The van der Waals surface area contributed by atoms with Crippen LogP contribution in [0.3, 0.4) is 0 Å². The van der Waals surface area contributed by atoms with Crippen LogP contribution in [0.4, 0.5) is 23.2 Å². The molecule has 0 spiro atoms. The Labute approximate surface area is 175 Å². The lowest BCUT2D eigenvalue weighted by Gasteiger charge is -2.11. The van der Waals surface area contributed by atoms with E-state index in [9.17, 15) is 22.4 Å². The number of benzene rings is 1. The SMILES string of the molecule is O=c1c(Cl)c(NCCc2ccc(F)c(Br)c2)cnn1-c1ccc(C(F)(F)F)cn1. The molecule has 0 radical (unpaired) electrons. The molecule has 5 nitrogen and oxygen atoms in total. The van der Waals surface area contributed by atoms with E-state index < -0.39 is 17.3 Å². The highest BCUT2D eigenvalue weighted by Gasteiger charge is 2.30. The van der Waals surface area contributed by atoms with Crippen molar-refractivity contribution in [1.82, 2.24) is 14.8 Å². The van der Waals surface area contributed by atoms with Crippen molar-refractivity contribution < 1.29 is 17.6 Å². The number of hydrogen-bond acceptors (Lipinski definition) is 4.